The highest BCUT2D eigenvalue weighted by Gasteiger charge is 2.13. The van der Waals surface area contributed by atoms with Crippen molar-refractivity contribution in [3.05, 3.63) is 59.6 Å². The summed E-state index contributed by atoms with van der Waals surface area (Å²) >= 11 is 0. The summed E-state index contributed by atoms with van der Waals surface area (Å²) in [6.07, 6.45) is 4.00. The Hall–Kier alpha value is -2.34. The van der Waals surface area contributed by atoms with Gasteiger partial charge in [-0.25, -0.2) is 5.21 Å². The van der Waals surface area contributed by atoms with E-state index >= 15 is 0 Å². The number of aromatic nitrogens is 1. The molecular formula is C17H18N2O3. The minimum absolute atomic E-state index is 0.186. The Morgan fingerprint density at radius 1 is 1.18 bits per heavy atom. The minimum Gasteiger partial charge on any atom is -0.595 e. The van der Waals surface area contributed by atoms with Gasteiger partial charge in [-0.2, -0.15) is 5.23 Å². The van der Waals surface area contributed by atoms with E-state index in [4.69, 9.17) is 4.74 Å². The predicted octanol–water partition coefficient (Wildman–Crippen LogP) is 2.72. The maximum absolute atomic E-state index is 11.4. The third-order valence-electron chi connectivity index (χ3n) is 3.60. The highest BCUT2D eigenvalue weighted by atomic mass is 16.8. The van der Waals surface area contributed by atoms with Crippen molar-refractivity contribution in [1.29, 1.82) is 0 Å². The molecule has 0 aliphatic rings. The van der Waals surface area contributed by atoms with Crippen LogP contribution in [0.25, 0.3) is 16.6 Å². The van der Waals surface area contributed by atoms with Crippen molar-refractivity contribution in [2.75, 3.05) is 6.61 Å². The summed E-state index contributed by atoms with van der Waals surface area (Å²) in [5.74, 6) is 0.401. The first-order valence-electron chi connectivity index (χ1n) is 7.17. The Bertz CT molecular complexity index is 809. The molecule has 0 saturated heterocycles. The number of benzene rings is 1. The molecule has 5 nitrogen and oxygen atoms in total. The van der Waals surface area contributed by atoms with E-state index in [0.717, 1.165) is 16.6 Å². The molecule has 3 rings (SSSR count). The fourth-order valence-corrected chi connectivity index (χ4v) is 2.54. The highest BCUT2D eigenvalue weighted by Crippen LogP contribution is 2.30. The zero-order valence-electron chi connectivity index (χ0n) is 12.5. The Labute approximate surface area is 128 Å². The summed E-state index contributed by atoms with van der Waals surface area (Å²) in [6.45, 7) is 4.32. The number of fused-ring (bicyclic) bond motifs is 1. The molecule has 2 N–H and O–H groups in total. The van der Waals surface area contributed by atoms with Crippen molar-refractivity contribution in [2.45, 2.75) is 13.8 Å². The average molecular weight is 298 g/mol. The highest BCUT2D eigenvalue weighted by molar-refractivity contribution is 5.73. The lowest BCUT2D eigenvalue weighted by molar-refractivity contribution is -0.991. The van der Waals surface area contributed by atoms with Crippen LogP contribution in [0.15, 0.2) is 48.8 Å². The molecule has 0 saturated carbocycles. The van der Waals surface area contributed by atoms with Crippen LogP contribution in [0.1, 0.15) is 12.5 Å². The van der Waals surface area contributed by atoms with Gasteiger partial charge in [0.25, 0.3) is 0 Å². The van der Waals surface area contributed by atoms with E-state index < -0.39 is 5.23 Å². The second kappa shape index (κ2) is 5.81. The van der Waals surface area contributed by atoms with E-state index in [1.807, 2.05) is 48.8 Å². The van der Waals surface area contributed by atoms with Crippen molar-refractivity contribution in [3.8, 4) is 16.9 Å². The van der Waals surface area contributed by atoms with Crippen molar-refractivity contribution in [1.82, 2.24) is 4.40 Å². The Kier molecular flexibility index (Phi) is 3.85. The van der Waals surface area contributed by atoms with E-state index in [1.54, 1.807) is 12.1 Å². The molecule has 0 bridgehead atoms. The lowest BCUT2D eigenvalue weighted by Crippen LogP contribution is -2.99. The van der Waals surface area contributed by atoms with Gasteiger partial charge in [-0.1, -0.05) is 6.07 Å². The maximum atomic E-state index is 11.4. The van der Waals surface area contributed by atoms with Gasteiger partial charge in [-0.05, 0) is 49.2 Å². The molecule has 3 aromatic rings. The molecule has 22 heavy (non-hydrogen) atoms. The second-order valence-electron chi connectivity index (χ2n) is 5.21. The summed E-state index contributed by atoms with van der Waals surface area (Å²) < 4.78 is 7.40. The molecule has 2 aromatic heterocycles. The normalized spacial score (nSPS) is 12.5. The van der Waals surface area contributed by atoms with Gasteiger partial charge in [0.15, 0.2) is 5.75 Å². The number of pyridine rings is 1. The van der Waals surface area contributed by atoms with Gasteiger partial charge in [0.1, 0.15) is 0 Å². The third kappa shape index (κ3) is 2.69. The number of nitrogens with one attached hydrogen (secondary N) is 1. The second-order valence-corrected chi connectivity index (χ2v) is 5.21. The van der Waals surface area contributed by atoms with Gasteiger partial charge in [0.2, 0.25) is 5.69 Å². The summed E-state index contributed by atoms with van der Waals surface area (Å²) in [7, 11) is 0. The summed E-state index contributed by atoms with van der Waals surface area (Å²) in [6, 6.07) is 11.5. The van der Waals surface area contributed by atoms with Crippen molar-refractivity contribution in [2.24, 2.45) is 0 Å². The van der Waals surface area contributed by atoms with Crippen LogP contribution in [0.3, 0.4) is 0 Å². The van der Waals surface area contributed by atoms with Crippen LogP contribution in [0.2, 0.25) is 0 Å². The first-order valence-corrected chi connectivity index (χ1v) is 7.17. The quantitative estimate of drug-likeness (QED) is 0.728. The topological polar surface area (TPSA) is 61.4 Å². The molecule has 1 unspecified atom stereocenters. The van der Waals surface area contributed by atoms with E-state index in [0.29, 0.717) is 12.4 Å². The number of quaternary nitrogens is 1. The smallest absolute Gasteiger partial charge is 0.206 e. The molecule has 0 radical (unpaired) electrons. The van der Waals surface area contributed by atoms with Crippen LogP contribution in [-0.2, 0) is 0 Å². The molecule has 0 amide bonds. The molecule has 0 fully saturated rings. The molecule has 1 aromatic carbocycles. The molecule has 0 aliphatic carbocycles. The van der Waals surface area contributed by atoms with Gasteiger partial charge < -0.3 is 14.3 Å². The van der Waals surface area contributed by atoms with E-state index in [9.17, 15) is 10.4 Å². The van der Waals surface area contributed by atoms with Crippen LogP contribution in [-0.4, -0.2) is 16.2 Å². The van der Waals surface area contributed by atoms with Gasteiger partial charge in [-0.3, -0.25) is 0 Å². The van der Waals surface area contributed by atoms with Crippen LogP contribution >= 0.6 is 0 Å². The SMILES string of the molecule is CCOc1ccc(-c2cc3cc(C)ccn3c2)cc1[NH+]([O-])O. The fraction of sp³-hybridized carbons (Fsp3) is 0.176. The Morgan fingerprint density at radius 3 is 2.73 bits per heavy atom. The third-order valence-corrected chi connectivity index (χ3v) is 3.60. The molecular weight excluding hydrogens is 280 g/mol. The molecule has 5 heteroatoms. The van der Waals surface area contributed by atoms with Crippen LogP contribution < -0.4 is 9.96 Å². The largest absolute Gasteiger partial charge is 0.595 e. The number of rotatable bonds is 4. The van der Waals surface area contributed by atoms with E-state index in [1.165, 1.54) is 5.56 Å². The molecule has 2 heterocycles. The zero-order valence-corrected chi connectivity index (χ0v) is 12.5. The minimum atomic E-state index is -0.982. The molecule has 1 atom stereocenters. The molecule has 114 valence electrons. The van der Waals surface area contributed by atoms with E-state index in [-0.39, 0.29) is 5.69 Å². The molecule has 0 spiro atoms. The van der Waals surface area contributed by atoms with Crippen molar-refractivity contribution in [3.63, 3.8) is 0 Å². The summed E-state index contributed by atoms with van der Waals surface area (Å²) in [5, 5.41) is 19.8. The van der Waals surface area contributed by atoms with Gasteiger partial charge in [0.05, 0.1) is 6.61 Å². The van der Waals surface area contributed by atoms with Crippen LogP contribution in [0.4, 0.5) is 5.69 Å². The van der Waals surface area contributed by atoms with Crippen LogP contribution in [0, 0.1) is 12.1 Å². The lowest BCUT2D eigenvalue weighted by Gasteiger charge is -2.16. The maximum Gasteiger partial charge on any atom is 0.206 e. The first-order chi connectivity index (χ1) is 10.6. The molecule has 0 aliphatic heterocycles. The summed E-state index contributed by atoms with van der Waals surface area (Å²) in [4.78, 5) is 0. The number of nitrogens with zero attached hydrogens (tertiary/aromatic N) is 1. The lowest BCUT2D eigenvalue weighted by atomic mass is 10.1. The van der Waals surface area contributed by atoms with Crippen molar-refractivity contribution < 1.29 is 15.2 Å². The summed E-state index contributed by atoms with van der Waals surface area (Å²) in [5.41, 5.74) is 4.31. The van der Waals surface area contributed by atoms with Crippen molar-refractivity contribution >= 4 is 11.2 Å². The predicted molar refractivity (Wildman–Crippen MR) is 84.5 cm³/mol. The van der Waals surface area contributed by atoms with Gasteiger partial charge >= 0.3 is 0 Å². The number of hydrogen-bond acceptors (Lipinski definition) is 3. The fourth-order valence-electron chi connectivity index (χ4n) is 2.54. The number of aryl methyl sites for hydroxylation is 1. The van der Waals surface area contributed by atoms with Crippen LogP contribution in [0.5, 0.6) is 5.75 Å². The van der Waals surface area contributed by atoms with E-state index in [2.05, 4.69) is 6.07 Å². The Balaban J connectivity index is 2.07. The Morgan fingerprint density at radius 2 is 2.00 bits per heavy atom. The average Bonchev–Trinajstić information content (AvgIpc) is 2.90. The zero-order chi connectivity index (χ0) is 15.7. The standard InChI is InChI=1S/C17H18N2O3/c1-3-22-17-5-4-13(10-16(17)19(20)21)14-9-15-8-12(2)6-7-18(15)11-14/h4-11,19-20H,3H2,1-2H3. The first kappa shape index (κ1) is 14.6. The van der Waals surface area contributed by atoms with Gasteiger partial charge in [-0.15, -0.1) is 0 Å². The monoisotopic (exact) mass is 298 g/mol. The number of hydrogen-bond donors (Lipinski definition) is 2. The van der Waals surface area contributed by atoms with Gasteiger partial charge in [0, 0.05) is 29.5 Å². The number of ether oxygens (including phenoxy) is 1.